The molecular formula is C38H64N4O9. The minimum Gasteiger partial charge on any atom is -0.458 e. The molecule has 0 radical (unpaired) electrons. The average Bonchev–Trinajstić information content (AvgIpc) is 3.86. The molecule has 4 heterocycles. The van der Waals surface area contributed by atoms with Crippen LogP contribution in [0.3, 0.4) is 0 Å². The van der Waals surface area contributed by atoms with Gasteiger partial charge in [0.25, 0.3) is 0 Å². The second-order valence-electron chi connectivity index (χ2n) is 16.6. The van der Waals surface area contributed by atoms with Crippen LogP contribution in [-0.2, 0) is 33.3 Å². The lowest BCUT2D eigenvalue weighted by Gasteiger charge is -2.47. The maximum atomic E-state index is 14.4. The van der Waals surface area contributed by atoms with Gasteiger partial charge in [-0.2, -0.15) is 0 Å². The van der Waals surface area contributed by atoms with E-state index >= 15 is 0 Å². The van der Waals surface area contributed by atoms with Crippen LogP contribution in [0.2, 0.25) is 0 Å². The van der Waals surface area contributed by atoms with Crippen LogP contribution in [0.25, 0.3) is 0 Å². The normalized spacial score (nSPS) is 44.1. The number of esters is 1. The predicted octanol–water partition coefficient (Wildman–Crippen LogP) is 2.98. The fourth-order valence-electron chi connectivity index (χ4n) is 9.03. The van der Waals surface area contributed by atoms with Crippen molar-refractivity contribution in [3.8, 4) is 0 Å². The molecule has 13 heteroatoms. The fourth-order valence-corrected chi connectivity index (χ4v) is 9.03. The molecule has 2 unspecified atom stereocenters. The number of nitrogens with one attached hydrogen (secondary N) is 1. The van der Waals surface area contributed by atoms with Gasteiger partial charge in [0.15, 0.2) is 17.7 Å². The summed E-state index contributed by atoms with van der Waals surface area (Å²) in [6.07, 6.45) is 3.17. The molecule has 51 heavy (non-hydrogen) atoms. The molecule has 5 rings (SSSR count). The highest BCUT2D eigenvalue weighted by Crippen LogP contribution is 2.41. The second kappa shape index (κ2) is 16.1. The molecule has 13 nitrogen and oxygen atoms in total. The summed E-state index contributed by atoms with van der Waals surface area (Å²) in [5, 5.41) is 15.3. The van der Waals surface area contributed by atoms with Crippen molar-refractivity contribution in [1.82, 2.24) is 20.0 Å². The third-order valence-electron chi connectivity index (χ3n) is 12.2. The number of carbonyl (C=O) groups is 3. The number of hydrogen-bond donors (Lipinski definition) is 2. The van der Waals surface area contributed by atoms with E-state index in [-0.39, 0.29) is 43.0 Å². The van der Waals surface area contributed by atoms with E-state index in [1.165, 1.54) is 0 Å². The molecule has 0 aromatic rings. The number of cyclic esters (lactones) is 1. The molecule has 5 aliphatic rings. The zero-order chi connectivity index (χ0) is 37.4. The zero-order valence-electron chi connectivity index (χ0n) is 32.5. The van der Waals surface area contributed by atoms with Crippen molar-refractivity contribution >= 4 is 17.8 Å². The summed E-state index contributed by atoms with van der Waals surface area (Å²) in [6.45, 7) is 15.0. The van der Waals surface area contributed by atoms with Crippen molar-refractivity contribution in [3.05, 3.63) is 12.2 Å². The van der Waals surface area contributed by atoms with Gasteiger partial charge in [-0.25, -0.2) is 4.79 Å². The summed E-state index contributed by atoms with van der Waals surface area (Å²) >= 11 is 0. The first-order valence-corrected chi connectivity index (χ1v) is 19.1. The van der Waals surface area contributed by atoms with Crippen molar-refractivity contribution in [2.24, 2.45) is 17.8 Å². The third-order valence-corrected chi connectivity index (χ3v) is 12.2. The van der Waals surface area contributed by atoms with E-state index in [0.717, 1.165) is 12.8 Å². The number of carbonyl (C=O) groups excluding carboxylic acids is 3. The summed E-state index contributed by atoms with van der Waals surface area (Å²) in [7, 11) is 5.91. The maximum absolute atomic E-state index is 14.4. The molecule has 290 valence electrons. The number of Topliss-reactive ketones (excluding diaryl/α,β-unsaturated/α-hetero) is 1. The van der Waals surface area contributed by atoms with Gasteiger partial charge in [-0.05, 0) is 86.9 Å². The second-order valence-corrected chi connectivity index (χ2v) is 16.6. The highest BCUT2D eigenvalue weighted by molar-refractivity contribution is 6.00. The number of nitrogens with zero attached hydrogens (tertiary/aromatic N) is 3. The van der Waals surface area contributed by atoms with Gasteiger partial charge in [0, 0.05) is 43.7 Å². The standard InChI is InChI=1S/C38H64N4O9/c1-11-29-38(7)32-25(5)41(10)21-22(2)19-37(6,47-17-13-12-16-42(32)36(46)51-38)33(23(3)30(43)24(4)34(45)49-29)50-35-31(44)28(40(8)9)18-27(48-35)20-39-26-14-15-26/h12-13,22-29,31-33,35,39,44H,11,14-21H2,1-10H3/b13-12+/t22-,23+,24?,25-,27+,28?,29-,31-,32-,33-,35+,37-,38-/m1/s1. The number of aliphatic hydroxyl groups excluding tert-OH is 1. The Morgan fingerprint density at radius 2 is 1.80 bits per heavy atom. The van der Waals surface area contributed by atoms with Gasteiger partial charge in [-0.1, -0.05) is 32.9 Å². The van der Waals surface area contributed by atoms with Crippen LogP contribution in [-0.4, -0.2) is 151 Å². The number of likely N-dealkylation sites (N-methyl/N-ethyl adjacent to an activating group) is 2. The van der Waals surface area contributed by atoms with Crippen LogP contribution in [0.1, 0.15) is 80.6 Å². The smallest absolute Gasteiger partial charge is 0.411 e. The monoisotopic (exact) mass is 720 g/mol. The Bertz CT molecular complexity index is 1280. The van der Waals surface area contributed by atoms with Gasteiger partial charge in [-0.3, -0.25) is 14.5 Å². The average molecular weight is 721 g/mol. The maximum Gasteiger partial charge on any atom is 0.411 e. The summed E-state index contributed by atoms with van der Waals surface area (Å²) < 4.78 is 32.4. The topological polar surface area (TPSA) is 139 Å². The molecular weight excluding hydrogens is 656 g/mol. The molecule has 13 atom stereocenters. The first-order valence-electron chi connectivity index (χ1n) is 19.1. The summed E-state index contributed by atoms with van der Waals surface area (Å²) in [5.74, 6) is -2.98. The molecule has 2 bridgehead atoms. The van der Waals surface area contributed by atoms with Crippen molar-refractivity contribution in [3.63, 3.8) is 0 Å². The molecule has 2 N–H and O–H groups in total. The molecule has 3 saturated heterocycles. The molecule has 4 aliphatic heterocycles. The number of fused-ring (bicyclic) bond motifs is 5. The van der Waals surface area contributed by atoms with Crippen molar-refractivity contribution in [2.75, 3.05) is 47.4 Å². The molecule has 0 aromatic carbocycles. The minimum atomic E-state index is -1.17. The van der Waals surface area contributed by atoms with E-state index in [1.54, 1.807) is 18.7 Å². The predicted molar refractivity (Wildman–Crippen MR) is 191 cm³/mol. The lowest BCUT2D eigenvalue weighted by molar-refractivity contribution is -0.298. The number of ether oxygens (including phenoxy) is 5. The number of ketones is 1. The van der Waals surface area contributed by atoms with E-state index in [9.17, 15) is 19.5 Å². The van der Waals surface area contributed by atoms with E-state index in [0.29, 0.717) is 38.4 Å². The molecule has 4 fully saturated rings. The van der Waals surface area contributed by atoms with E-state index < -0.39 is 65.7 Å². The number of hydrogen-bond acceptors (Lipinski definition) is 12. The van der Waals surface area contributed by atoms with Crippen molar-refractivity contribution < 1.29 is 43.2 Å². The third kappa shape index (κ3) is 8.50. The fraction of sp³-hybridized carbons (Fsp3) is 0.868. The van der Waals surface area contributed by atoms with Crippen LogP contribution in [0, 0.1) is 17.8 Å². The van der Waals surface area contributed by atoms with Crippen LogP contribution in [0.5, 0.6) is 0 Å². The quantitative estimate of drug-likeness (QED) is 0.227. The van der Waals surface area contributed by atoms with E-state index in [2.05, 4.69) is 24.1 Å². The largest absolute Gasteiger partial charge is 0.458 e. The SMILES string of the molecule is CC[C@H]1OC(=O)C(C)C(=O)[C@H](C)[C@@H](O[C@@H]2O[C@H](CNC3CC3)CC(N(C)C)[C@H]2O)[C@@]2(C)C[C@@H](C)CN(C)[C@H](C)[C@H]3N(C/C=C/CO2)C(=O)O[C@]13C. The highest BCUT2D eigenvalue weighted by Gasteiger charge is 2.59. The molecule has 1 aliphatic carbocycles. The number of rotatable bonds is 7. The van der Waals surface area contributed by atoms with E-state index in [1.807, 2.05) is 59.0 Å². The van der Waals surface area contributed by atoms with Gasteiger partial charge in [0.1, 0.15) is 18.1 Å². The number of amides is 1. The van der Waals surface area contributed by atoms with Gasteiger partial charge in [0.2, 0.25) is 0 Å². The Morgan fingerprint density at radius 1 is 1.10 bits per heavy atom. The lowest BCUT2D eigenvalue weighted by atomic mass is 9.78. The first kappa shape index (κ1) is 40.1. The zero-order valence-corrected chi connectivity index (χ0v) is 32.5. The van der Waals surface area contributed by atoms with Crippen molar-refractivity contribution in [1.29, 1.82) is 0 Å². The number of aliphatic hydroxyl groups is 1. The minimum absolute atomic E-state index is 0.0444. The van der Waals surface area contributed by atoms with E-state index in [4.69, 9.17) is 23.7 Å². The molecule has 1 saturated carbocycles. The summed E-state index contributed by atoms with van der Waals surface area (Å²) in [6, 6.07) is -0.368. The first-order chi connectivity index (χ1) is 24.0. The van der Waals surface area contributed by atoms with Crippen LogP contribution >= 0.6 is 0 Å². The van der Waals surface area contributed by atoms with Crippen LogP contribution < -0.4 is 5.32 Å². The Morgan fingerprint density at radius 3 is 2.45 bits per heavy atom. The van der Waals surface area contributed by atoms with Crippen LogP contribution in [0.4, 0.5) is 4.79 Å². The van der Waals surface area contributed by atoms with Gasteiger partial charge in [-0.15, -0.1) is 0 Å². The lowest BCUT2D eigenvalue weighted by Crippen LogP contribution is -2.61. The van der Waals surface area contributed by atoms with Gasteiger partial charge < -0.3 is 43.9 Å². The summed E-state index contributed by atoms with van der Waals surface area (Å²) in [5.41, 5.74) is -2.22. The summed E-state index contributed by atoms with van der Waals surface area (Å²) in [4.78, 5) is 47.8. The Balaban J connectivity index is 1.58. The molecule has 0 spiro atoms. The Labute approximate surface area is 304 Å². The highest BCUT2D eigenvalue weighted by atomic mass is 16.7. The van der Waals surface area contributed by atoms with Crippen LogP contribution in [0.15, 0.2) is 12.2 Å². The molecule has 1 amide bonds. The van der Waals surface area contributed by atoms with Gasteiger partial charge in [0.05, 0.1) is 30.5 Å². The Hall–Kier alpha value is -2.13. The van der Waals surface area contributed by atoms with Gasteiger partial charge >= 0.3 is 12.1 Å². The molecule has 0 aromatic heterocycles. The van der Waals surface area contributed by atoms with Crippen molar-refractivity contribution in [2.45, 2.75) is 147 Å². The Kier molecular flexibility index (Phi) is 12.6.